The average Bonchev–Trinajstić information content (AvgIpc) is 2.64. The zero-order chi connectivity index (χ0) is 22.9. The Bertz CT molecular complexity index is 1290. The van der Waals surface area contributed by atoms with Crippen LogP contribution < -0.4 is 4.72 Å². The number of carboxylic acids is 1. The van der Waals surface area contributed by atoms with Gasteiger partial charge in [0.25, 0.3) is 0 Å². The zero-order valence-corrected chi connectivity index (χ0v) is 18.7. The molecule has 0 bridgehead atoms. The quantitative estimate of drug-likeness (QED) is 0.485. The monoisotopic (exact) mass is 460 g/mol. The molecule has 0 unspecified atom stereocenters. The molecule has 3 aromatic rings. The molecule has 0 aliphatic heterocycles. The number of benzene rings is 2. The van der Waals surface area contributed by atoms with E-state index < -0.39 is 22.1 Å². The molecule has 31 heavy (non-hydrogen) atoms. The smallest absolute Gasteiger partial charge is 0.349 e. The maximum atomic E-state index is 12.1. The van der Waals surface area contributed by atoms with E-state index in [1.54, 1.807) is 50.2 Å². The van der Waals surface area contributed by atoms with Gasteiger partial charge in [-0.2, -0.15) is 0 Å². The maximum Gasteiger partial charge on any atom is 0.349 e. The van der Waals surface area contributed by atoms with E-state index in [-0.39, 0.29) is 11.6 Å². The van der Waals surface area contributed by atoms with Crippen LogP contribution in [0.25, 0.3) is 22.0 Å². The Balaban J connectivity index is 2.36. The molecule has 1 heterocycles. The number of nitrogens with zero attached hydrogens (tertiary/aromatic N) is 1. The van der Waals surface area contributed by atoms with Gasteiger partial charge in [0, 0.05) is 16.0 Å². The lowest BCUT2D eigenvalue weighted by molar-refractivity contribution is -0.148. The van der Waals surface area contributed by atoms with Gasteiger partial charge in [0.15, 0.2) is 0 Å². The summed E-state index contributed by atoms with van der Waals surface area (Å²) in [6.07, 6.45) is -0.250. The first-order valence-electron chi connectivity index (χ1n) is 9.19. The van der Waals surface area contributed by atoms with Crippen molar-refractivity contribution in [2.45, 2.75) is 20.0 Å². The molecule has 3 rings (SSSR count). The van der Waals surface area contributed by atoms with Crippen LogP contribution >= 0.6 is 11.6 Å². The number of pyridine rings is 1. The highest BCUT2D eigenvalue weighted by molar-refractivity contribution is 7.92. The molecule has 1 atom stereocenters. The number of aryl methyl sites for hydroxylation is 1. The third-order valence-electron chi connectivity index (χ3n) is 4.47. The number of halogens is 1. The maximum absolute atomic E-state index is 12.1. The topological polar surface area (TPSA) is 106 Å². The Morgan fingerprint density at radius 2 is 1.87 bits per heavy atom. The molecule has 0 fully saturated rings. The van der Waals surface area contributed by atoms with Crippen molar-refractivity contribution in [1.82, 2.24) is 4.98 Å². The zero-order valence-electron chi connectivity index (χ0n) is 17.1. The van der Waals surface area contributed by atoms with E-state index in [9.17, 15) is 18.3 Å². The first-order valence-corrected chi connectivity index (χ1v) is 11.5. The molecular weight excluding hydrogens is 440 g/mol. The predicted octanol–water partition coefficient (Wildman–Crippen LogP) is 4.91. The molecule has 0 aliphatic rings. The second kappa shape index (κ2) is 8.56. The van der Waals surface area contributed by atoms with Gasteiger partial charge in [0.2, 0.25) is 16.1 Å². The van der Waals surface area contributed by atoms with E-state index in [1.807, 2.05) is 0 Å². The highest BCUT2D eigenvalue weighted by Crippen LogP contribution is 2.40. The number of aromatic nitrogens is 1. The summed E-state index contributed by atoms with van der Waals surface area (Å²) in [5.41, 5.74) is 2.90. The van der Waals surface area contributed by atoms with Crippen molar-refractivity contribution in [3.05, 3.63) is 71.0 Å². The van der Waals surface area contributed by atoms with Gasteiger partial charge in [0.1, 0.15) is 5.82 Å². The third-order valence-corrected chi connectivity index (χ3v) is 5.30. The number of hydrogen-bond donors (Lipinski definition) is 2. The molecule has 1 aromatic heterocycles. The van der Waals surface area contributed by atoms with Crippen molar-refractivity contribution >= 4 is 44.3 Å². The molecule has 0 amide bonds. The summed E-state index contributed by atoms with van der Waals surface area (Å²) in [4.78, 5) is 16.5. The fourth-order valence-electron chi connectivity index (χ4n) is 3.37. The Hall–Kier alpha value is -3.10. The van der Waals surface area contributed by atoms with E-state index in [2.05, 4.69) is 16.3 Å². The Kier molecular flexibility index (Phi) is 6.24. The van der Waals surface area contributed by atoms with Gasteiger partial charge >= 0.3 is 5.97 Å². The molecule has 2 N–H and O–H groups in total. The molecule has 0 aliphatic carbocycles. The standard InChI is InChI=1S/C22H21ClN2O5S/c1-12(2)30-21(22(26)27)19-13(3)11-17-16(9-10-18(24-17)25-31(4,28)29)20(19)14-5-7-15(23)8-6-14/h5-11,21H,1H2,2-4H3,(H,24,25)(H,26,27)/t21-/m0/s1. The number of ether oxygens (including phenoxy) is 1. The molecule has 162 valence electrons. The largest absolute Gasteiger partial charge is 0.479 e. The normalized spacial score (nSPS) is 12.4. The first-order chi connectivity index (χ1) is 14.5. The summed E-state index contributed by atoms with van der Waals surface area (Å²) in [6, 6.07) is 11.9. The molecule has 9 heteroatoms. The Morgan fingerprint density at radius 3 is 2.42 bits per heavy atom. The summed E-state index contributed by atoms with van der Waals surface area (Å²) in [6.45, 7) is 7.01. The van der Waals surface area contributed by atoms with Crippen molar-refractivity contribution in [2.75, 3.05) is 11.0 Å². The molecular formula is C22H21ClN2O5S. The molecule has 0 saturated heterocycles. The van der Waals surface area contributed by atoms with Gasteiger partial charge in [-0.3, -0.25) is 4.72 Å². The highest BCUT2D eigenvalue weighted by atomic mass is 35.5. The number of hydrogen-bond acceptors (Lipinski definition) is 5. The van der Waals surface area contributed by atoms with Crippen molar-refractivity contribution in [3.8, 4) is 11.1 Å². The summed E-state index contributed by atoms with van der Waals surface area (Å²) in [7, 11) is -3.50. The number of carboxylic acid groups (broad SMARTS) is 1. The second-order valence-electron chi connectivity index (χ2n) is 7.16. The van der Waals surface area contributed by atoms with Crippen LogP contribution in [0.2, 0.25) is 5.02 Å². The fraction of sp³-hybridized carbons (Fsp3) is 0.182. The van der Waals surface area contributed by atoms with Crippen LogP contribution in [0.1, 0.15) is 24.2 Å². The summed E-state index contributed by atoms with van der Waals surface area (Å²) in [5, 5.41) is 11.1. The van der Waals surface area contributed by atoms with Crippen LogP contribution in [0.3, 0.4) is 0 Å². The molecule has 0 spiro atoms. The van der Waals surface area contributed by atoms with Crippen LogP contribution in [0, 0.1) is 6.92 Å². The Morgan fingerprint density at radius 1 is 1.23 bits per heavy atom. The van der Waals surface area contributed by atoms with Gasteiger partial charge in [0.05, 0.1) is 17.5 Å². The number of sulfonamides is 1. The van der Waals surface area contributed by atoms with E-state index in [4.69, 9.17) is 16.3 Å². The first kappa shape index (κ1) is 22.6. The SMILES string of the molecule is C=C(C)O[C@H](C(=O)O)c1c(C)cc2nc(NS(C)(=O)=O)ccc2c1-c1ccc(Cl)cc1. The third kappa shape index (κ3) is 5.15. The van der Waals surface area contributed by atoms with Gasteiger partial charge in [-0.15, -0.1) is 0 Å². The number of allylic oxidation sites excluding steroid dienone is 1. The van der Waals surface area contributed by atoms with Gasteiger partial charge < -0.3 is 9.84 Å². The predicted molar refractivity (Wildman–Crippen MR) is 122 cm³/mol. The Labute approximate surface area is 185 Å². The number of rotatable bonds is 7. The number of nitrogens with one attached hydrogen (secondary N) is 1. The van der Waals surface area contributed by atoms with E-state index in [0.29, 0.717) is 32.6 Å². The van der Waals surface area contributed by atoms with E-state index in [0.717, 1.165) is 11.8 Å². The molecule has 0 saturated carbocycles. The van der Waals surface area contributed by atoms with Crippen LogP contribution in [0.4, 0.5) is 5.82 Å². The molecule has 7 nitrogen and oxygen atoms in total. The minimum absolute atomic E-state index is 0.164. The fourth-order valence-corrected chi connectivity index (χ4v) is 3.99. The number of anilines is 1. The van der Waals surface area contributed by atoms with Crippen LogP contribution in [-0.4, -0.2) is 30.7 Å². The van der Waals surface area contributed by atoms with Crippen molar-refractivity contribution in [2.24, 2.45) is 0 Å². The average molecular weight is 461 g/mol. The van der Waals surface area contributed by atoms with E-state index >= 15 is 0 Å². The summed E-state index contributed by atoms with van der Waals surface area (Å²) in [5.74, 6) is -0.735. The highest BCUT2D eigenvalue weighted by Gasteiger charge is 2.29. The molecule has 0 radical (unpaired) electrons. The summed E-state index contributed by atoms with van der Waals surface area (Å²) >= 11 is 6.04. The van der Waals surface area contributed by atoms with Crippen LogP contribution in [0.15, 0.2) is 54.8 Å². The van der Waals surface area contributed by atoms with Gasteiger partial charge in [-0.1, -0.05) is 30.3 Å². The number of fused-ring (bicyclic) bond motifs is 1. The van der Waals surface area contributed by atoms with Crippen molar-refractivity contribution in [3.63, 3.8) is 0 Å². The lowest BCUT2D eigenvalue weighted by Crippen LogP contribution is -2.17. The van der Waals surface area contributed by atoms with Crippen LogP contribution in [-0.2, 0) is 19.6 Å². The van der Waals surface area contributed by atoms with Gasteiger partial charge in [-0.25, -0.2) is 18.2 Å². The second-order valence-corrected chi connectivity index (χ2v) is 9.35. The molecule has 2 aromatic carbocycles. The van der Waals surface area contributed by atoms with Gasteiger partial charge in [-0.05, 0) is 60.9 Å². The lowest BCUT2D eigenvalue weighted by atomic mass is 9.88. The van der Waals surface area contributed by atoms with Crippen LogP contribution in [0.5, 0.6) is 0 Å². The number of aliphatic carboxylic acids is 1. The van der Waals surface area contributed by atoms with Crippen molar-refractivity contribution in [1.29, 1.82) is 0 Å². The van der Waals surface area contributed by atoms with Crippen molar-refractivity contribution < 1.29 is 23.1 Å². The minimum Gasteiger partial charge on any atom is -0.479 e. The van der Waals surface area contributed by atoms with E-state index in [1.165, 1.54) is 6.07 Å². The number of carbonyl (C=O) groups is 1. The summed E-state index contributed by atoms with van der Waals surface area (Å²) < 4.78 is 31.1. The minimum atomic E-state index is -3.50. The lowest BCUT2D eigenvalue weighted by Gasteiger charge is -2.23.